The zero-order chi connectivity index (χ0) is 16.8. The van der Waals surface area contributed by atoms with Gasteiger partial charge in [0.15, 0.2) is 5.66 Å². The first-order chi connectivity index (χ1) is 10.5. The molecule has 0 saturated carbocycles. The van der Waals surface area contributed by atoms with Crippen molar-refractivity contribution in [1.82, 2.24) is 0 Å². The summed E-state index contributed by atoms with van der Waals surface area (Å²) in [7, 11) is -5.29. The van der Waals surface area contributed by atoms with Gasteiger partial charge in [-0.1, -0.05) is 26.2 Å². The fourth-order valence-corrected chi connectivity index (χ4v) is 3.76. The van der Waals surface area contributed by atoms with Gasteiger partial charge in [-0.05, 0) is 35.3 Å². The Kier molecular flexibility index (Phi) is 14.5. The summed E-state index contributed by atoms with van der Waals surface area (Å²) in [6.07, 6.45) is 6.07. The fraction of sp³-hybridized carbons (Fsp3) is 0.923. The molecule has 0 aromatic heterocycles. The van der Waals surface area contributed by atoms with Crippen LogP contribution in [0.4, 0.5) is 0 Å². The van der Waals surface area contributed by atoms with E-state index >= 15 is 0 Å². The molecule has 6 nitrogen and oxygen atoms in total. The molecule has 3 atom stereocenters. The Labute approximate surface area is 138 Å². The van der Waals surface area contributed by atoms with Gasteiger partial charge in [0.2, 0.25) is 0 Å². The molecule has 0 saturated heterocycles. The molecule has 0 aromatic carbocycles. The van der Waals surface area contributed by atoms with Gasteiger partial charge in [0, 0.05) is 11.0 Å². The maximum absolute atomic E-state index is 11.3. The molecular weight excluding hydrogens is 346 g/mol. The van der Waals surface area contributed by atoms with E-state index in [1.165, 1.54) is 18.6 Å². The third-order valence-corrected chi connectivity index (χ3v) is 5.69. The topological polar surface area (TPSA) is 101 Å². The maximum atomic E-state index is 11.3. The zero-order valence-corrected chi connectivity index (χ0v) is 15.6. The van der Waals surface area contributed by atoms with Gasteiger partial charge < -0.3 is 0 Å². The molecule has 0 rings (SSSR count). The van der Waals surface area contributed by atoms with Crippen molar-refractivity contribution >= 4 is 34.0 Å². The molecule has 0 spiro atoms. The summed E-state index contributed by atoms with van der Waals surface area (Å²) in [5, 5.41) is 0. The second kappa shape index (κ2) is 14.5. The van der Waals surface area contributed by atoms with Gasteiger partial charge in [0.25, 0.3) is 0 Å². The van der Waals surface area contributed by atoms with Crippen LogP contribution in [0.15, 0.2) is 0 Å². The molecular formula is C13H26O6P2S+2. The molecule has 3 unspecified atom stereocenters. The molecule has 0 aliphatic rings. The minimum Gasteiger partial charge on any atom is -0.247 e. The van der Waals surface area contributed by atoms with Gasteiger partial charge in [-0.25, -0.2) is 4.79 Å². The van der Waals surface area contributed by atoms with Gasteiger partial charge in [0.1, 0.15) is 0 Å². The van der Waals surface area contributed by atoms with Crippen LogP contribution in [-0.4, -0.2) is 32.9 Å². The fourth-order valence-electron chi connectivity index (χ4n) is 2.04. The Morgan fingerprint density at radius 3 is 2.32 bits per heavy atom. The molecule has 0 amide bonds. The van der Waals surface area contributed by atoms with Gasteiger partial charge in [-0.3, -0.25) is 0 Å². The van der Waals surface area contributed by atoms with E-state index in [-0.39, 0.29) is 12.8 Å². The van der Waals surface area contributed by atoms with Gasteiger partial charge in [-0.15, -0.1) is 4.89 Å². The van der Waals surface area contributed by atoms with Crippen LogP contribution in [0.2, 0.25) is 0 Å². The molecule has 22 heavy (non-hydrogen) atoms. The second-order valence-corrected chi connectivity index (χ2v) is 8.34. The average Bonchev–Trinajstić information content (AvgIpc) is 2.43. The first-order valence-corrected chi connectivity index (χ1v) is 11.1. The Bertz CT molecular complexity index is 353. The number of rotatable bonds is 14. The molecule has 128 valence electrons. The lowest BCUT2D eigenvalue weighted by Gasteiger charge is -2.04. The Morgan fingerprint density at radius 1 is 1.09 bits per heavy atom. The average molecular weight is 372 g/mol. The minimum atomic E-state index is -2.95. The van der Waals surface area contributed by atoms with Crippen molar-refractivity contribution < 1.29 is 28.2 Å². The van der Waals surface area contributed by atoms with Crippen molar-refractivity contribution in [2.24, 2.45) is 0 Å². The van der Waals surface area contributed by atoms with Crippen molar-refractivity contribution in [1.29, 1.82) is 0 Å². The summed E-state index contributed by atoms with van der Waals surface area (Å²) in [4.78, 5) is 28.8. The molecule has 0 bridgehead atoms. The normalized spacial score (nSPS) is 13.6. The quantitative estimate of drug-likeness (QED) is 0.349. The highest BCUT2D eigenvalue weighted by molar-refractivity contribution is 7.99. The number of unbranched alkanes of at least 4 members (excludes halogenated alkanes) is 4. The smallest absolute Gasteiger partial charge is 0.247 e. The summed E-state index contributed by atoms with van der Waals surface area (Å²) < 4.78 is 25.7. The van der Waals surface area contributed by atoms with E-state index in [4.69, 9.17) is 4.89 Å². The number of thioether (sulfide) groups is 1. The minimum absolute atomic E-state index is 0.109. The van der Waals surface area contributed by atoms with Crippen molar-refractivity contribution in [3.8, 4) is 0 Å². The van der Waals surface area contributed by atoms with Crippen molar-refractivity contribution in [2.45, 2.75) is 63.9 Å². The molecule has 0 fully saturated rings. The van der Waals surface area contributed by atoms with Gasteiger partial charge in [0.05, 0.1) is 6.42 Å². The van der Waals surface area contributed by atoms with E-state index in [1.54, 1.807) is 0 Å². The number of hydrogen-bond donors (Lipinski definition) is 2. The lowest BCUT2D eigenvalue weighted by molar-refractivity contribution is -0.134. The Balaban J connectivity index is 3.75. The maximum Gasteiger partial charge on any atom is 0.750 e. The third kappa shape index (κ3) is 13.6. The number of carbonyl (C=O) groups excluding carboxylic acids is 1. The molecule has 0 radical (unpaired) electrons. The van der Waals surface area contributed by atoms with Crippen LogP contribution in [0, 0.1) is 0 Å². The van der Waals surface area contributed by atoms with Crippen LogP contribution in [0.25, 0.3) is 0 Å². The Hall–Kier alpha value is -0.0600. The highest BCUT2D eigenvalue weighted by atomic mass is 32.2. The van der Waals surface area contributed by atoms with Crippen LogP contribution in [0.3, 0.4) is 0 Å². The highest BCUT2D eigenvalue weighted by Crippen LogP contribution is 2.31. The van der Waals surface area contributed by atoms with E-state index in [1.807, 2.05) is 11.8 Å². The molecule has 2 N–H and O–H groups in total. The zero-order valence-electron chi connectivity index (χ0n) is 13.0. The van der Waals surface area contributed by atoms with Crippen molar-refractivity contribution in [3.63, 3.8) is 0 Å². The molecule has 0 aliphatic heterocycles. The molecule has 0 heterocycles. The van der Waals surface area contributed by atoms with Crippen LogP contribution in [0.1, 0.15) is 58.3 Å². The first kappa shape index (κ1) is 21.9. The van der Waals surface area contributed by atoms with E-state index < -0.39 is 27.9 Å². The summed E-state index contributed by atoms with van der Waals surface area (Å²) in [6, 6.07) is 0. The van der Waals surface area contributed by atoms with Gasteiger partial charge >= 0.3 is 22.3 Å². The summed E-state index contributed by atoms with van der Waals surface area (Å²) in [6.45, 7) is 2.15. The molecule has 9 heteroatoms. The molecule has 0 aromatic rings. The lowest BCUT2D eigenvalue weighted by atomic mass is 10.1. The van der Waals surface area contributed by atoms with E-state index in [0.717, 1.165) is 25.0 Å². The monoisotopic (exact) mass is 372 g/mol. The highest BCUT2D eigenvalue weighted by Gasteiger charge is 2.30. The van der Waals surface area contributed by atoms with Crippen LogP contribution in [-0.2, 0) is 18.4 Å². The SMILES string of the molecule is CCSCCCCCCCC(CCC(=O)O[P+](=O)O)[P+](=O)O. The van der Waals surface area contributed by atoms with Crippen LogP contribution >= 0.6 is 28.0 Å². The standard InChI is InChI=1S/C13H24O6P2S/c1-2-22-11-7-5-3-4-6-8-12(20(15)16)9-10-13(14)19-21(17)18/h12H,2-11H2,1H3/p+2. The molecule has 0 aliphatic carbocycles. The summed E-state index contributed by atoms with van der Waals surface area (Å²) in [5.74, 6) is 1.54. The predicted octanol–water partition coefficient (Wildman–Crippen LogP) is 4.16. The summed E-state index contributed by atoms with van der Waals surface area (Å²) >= 11 is 1.94. The van der Waals surface area contributed by atoms with Crippen molar-refractivity contribution in [3.05, 3.63) is 0 Å². The number of carbonyl (C=O) groups is 1. The van der Waals surface area contributed by atoms with Crippen LogP contribution < -0.4 is 0 Å². The van der Waals surface area contributed by atoms with Crippen LogP contribution in [0.5, 0.6) is 0 Å². The van der Waals surface area contributed by atoms with E-state index in [2.05, 4.69) is 11.4 Å². The van der Waals surface area contributed by atoms with Crippen molar-refractivity contribution in [2.75, 3.05) is 11.5 Å². The largest absolute Gasteiger partial charge is 0.750 e. The summed E-state index contributed by atoms with van der Waals surface area (Å²) in [5.41, 5.74) is -0.449. The first-order valence-electron chi connectivity index (χ1n) is 7.57. The second-order valence-electron chi connectivity index (χ2n) is 4.95. The van der Waals surface area contributed by atoms with E-state index in [0.29, 0.717) is 6.42 Å². The third-order valence-electron chi connectivity index (χ3n) is 3.20. The lowest BCUT2D eigenvalue weighted by Crippen LogP contribution is -2.07. The number of hydrogen-bond acceptors (Lipinski definition) is 5. The Morgan fingerprint density at radius 2 is 1.73 bits per heavy atom. The van der Waals surface area contributed by atoms with Gasteiger partial charge in [-0.2, -0.15) is 21.2 Å². The van der Waals surface area contributed by atoms with E-state index in [9.17, 15) is 18.8 Å². The predicted molar refractivity (Wildman–Crippen MR) is 89.5 cm³/mol.